The highest BCUT2D eigenvalue weighted by atomic mass is 16.3. The van der Waals surface area contributed by atoms with E-state index in [1.54, 1.807) is 0 Å². The van der Waals surface area contributed by atoms with E-state index in [-0.39, 0.29) is 0 Å². The predicted octanol–water partition coefficient (Wildman–Crippen LogP) is 0.785. The zero-order chi connectivity index (χ0) is 10.4. The summed E-state index contributed by atoms with van der Waals surface area (Å²) in [4.78, 5) is 4.66. The van der Waals surface area contributed by atoms with Crippen LogP contribution in [0.25, 0.3) is 0 Å². The maximum absolute atomic E-state index is 9.01. The van der Waals surface area contributed by atoms with E-state index in [2.05, 4.69) is 23.9 Å². The summed E-state index contributed by atoms with van der Waals surface area (Å²) in [6, 6.07) is 0.738. The summed E-state index contributed by atoms with van der Waals surface area (Å²) < 4.78 is 0. The summed E-state index contributed by atoms with van der Waals surface area (Å²) >= 11 is 0. The van der Waals surface area contributed by atoms with Crippen molar-refractivity contribution in [3.8, 4) is 0 Å². The van der Waals surface area contributed by atoms with Crippen LogP contribution in [0.15, 0.2) is 0 Å². The Labute approximate surface area is 87.7 Å². The molecule has 0 spiro atoms. The monoisotopic (exact) mass is 200 g/mol. The molecule has 84 valence electrons. The molecule has 1 N–H and O–H groups in total. The van der Waals surface area contributed by atoms with Gasteiger partial charge in [-0.05, 0) is 26.9 Å². The summed E-state index contributed by atoms with van der Waals surface area (Å²) in [5.74, 6) is 0. The number of likely N-dealkylation sites (N-methyl/N-ethyl adjacent to an activating group) is 1. The van der Waals surface area contributed by atoms with Crippen LogP contribution in [-0.2, 0) is 0 Å². The molecule has 0 heterocycles. The lowest BCUT2D eigenvalue weighted by atomic mass is 10.2. The normalized spacial score (nSPS) is 18.6. The second-order valence-electron chi connectivity index (χ2n) is 4.50. The molecule has 0 aliphatic heterocycles. The van der Waals surface area contributed by atoms with Crippen LogP contribution in [0.3, 0.4) is 0 Å². The Balaban J connectivity index is 2.29. The van der Waals surface area contributed by atoms with Crippen LogP contribution < -0.4 is 0 Å². The molecule has 0 radical (unpaired) electrons. The van der Waals surface area contributed by atoms with Crippen LogP contribution in [0.4, 0.5) is 0 Å². The van der Waals surface area contributed by atoms with Gasteiger partial charge in [-0.15, -0.1) is 0 Å². The highest BCUT2D eigenvalue weighted by Gasteiger charge is 2.21. The van der Waals surface area contributed by atoms with Crippen LogP contribution in [0.5, 0.6) is 0 Å². The van der Waals surface area contributed by atoms with Crippen LogP contribution in [0, 0.1) is 0 Å². The van der Waals surface area contributed by atoms with Crippen molar-refractivity contribution in [2.24, 2.45) is 0 Å². The Morgan fingerprint density at radius 1 is 1.07 bits per heavy atom. The van der Waals surface area contributed by atoms with Crippen LogP contribution in [-0.4, -0.2) is 61.3 Å². The lowest BCUT2D eigenvalue weighted by molar-refractivity contribution is 0.141. The zero-order valence-corrected chi connectivity index (χ0v) is 9.58. The summed E-state index contributed by atoms with van der Waals surface area (Å²) in [5, 5.41) is 9.01. The molecule has 0 aromatic heterocycles. The number of aliphatic hydroxyl groups is 1. The minimum absolute atomic E-state index is 0.296. The predicted molar refractivity (Wildman–Crippen MR) is 59.5 cm³/mol. The van der Waals surface area contributed by atoms with Crippen molar-refractivity contribution in [2.75, 3.05) is 40.3 Å². The number of hydrogen-bond acceptors (Lipinski definition) is 3. The Bertz CT molecular complexity index is 144. The van der Waals surface area contributed by atoms with Gasteiger partial charge >= 0.3 is 0 Å². The molecule has 0 saturated heterocycles. The molecule has 0 atom stereocenters. The average molecular weight is 200 g/mol. The van der Waals surface area contributed by atoms with Gasteiger partial charge in [-0.1, -0.05) is 12.8 Å². The Morgan fingerprint density at radius 2 is 1.71 bits per heavy atom. The summed E-state index contributed by atoms with van der Waals surface area (Å²) in [6.45, 7) is 3.33. The number of aliphatic hydroxyl groups excluding tert-OH is 1. The van der Waals surface area contributed by atoms with Crippen molar-refractivity contribution < 1.29 is 5.11 Å². The van der Waals surface area contributed by atoms with Crippen LogP contribution in [0.2, 0.25) is 0 Å². The van der Waals surface area contributed by atoms with E-state index >= 15 is 0 Å². The molecule has 1 aliphatic rings. The van der Waals surface area contributed by atoms with Gasteiger partial charge in [0.25, 0.3) is 0 Å². The summed E-state index contributed by atoms with van der Waals surface area (Å²) in [5.41, 5.74) is 0. The van der Waals surface area contributed by atoms with E-state index < -0.39 is 0 Å². The molecule has 1 fully saturated rings. The Kier molecular flexibility index (Phi) is 5.45. The largest absolute Gasteiger partial charge is 0.395 e. The first-order valence-electron chi connectivity index (χ1n) is 5.73. The fraction of sp³-hybridized carbons (Fsp3) is 1.00. The lowest BCUT2D eigenvalue weighted by Gasteiger charge is -2.29. The third-order valence-electron chi connectivity index (χ3n) is 3.06. The molecule has 0 aromatic carbocycles. The van der Waals surface area contributed by atoms with Crippen molar-refractivity contribution >= 4 is 0 Å². The SMILES string of the molecule is CN(C)CCN(CCO)C1CCCC1. The molecule has 1 rings (SSSR count). The number of hydrogen-bond donors (Lipinski definition) is 1. The first-order valence-corrected chi connectivity index (χ1v) is 5.73. The van der Waals surface area contributed by atoms with E-state index in [4.69, 9.17) is 5.11 Å². The highest BCUT2D eigenvalue weighted by Crippen LogP contribution is 2.22. The van der Waals surface area contributed by atoms with Gasteiger partial charge in [0.05, 0.1) is 6.61 Å². The average Bonchev–Trinajstić information content (AvgIpc) is 2.64. The van der Waals surface area contributed by atoms with Crippen LogP contribution >= 0.6 is 0 Å². The van der Waals surface area contributed by atoms with Crippen molar-refractivity contribution in [3.63, 3.8) is 0 Å². The third kappa shape index (κ3) is 3.95. The lowest BCUT2D eigenvalue weighted by Crippen LogP contribution is -2.40. The maximum Gasteiger partial charge on any atom is 0.0558 e. The van der Waals surface area contributed by atoms with Crippen LogP contribution in [0.1, 0.15) is 25.7 Å². The molecule has 0 aromatic rings. The molecule has 0 amide bonds. The van der Waals surface area contributed by atoms with Crippen molar-refractivity contribution in [1.29, 1.82) is 0 Å². The molecular weight excluding hydrogens is 176 g/mol. The van der Waals surface area contributed by atoms with Gasteiger partial charge in [0.2, 0.25) is 0 Å². The molecule has 1 aliphatic carbocycles. The standard InChI is InChI=1S/C11H24N2O/c1-12(2)7-8-13(9-10-14)11-5-3-4-6-11/h11,14H,3-10H2,1-2H3. The Hall–Kier alpha value is -0.120. The minimum Gasteiger partial charge on any atom is -0.395 e. The molecule has 0 unspecified atom stereocenters. The Morgan fingerprint density at radius 3 is 2.21 bits per heavy atom. The van der Waals surface area contributed by atoms with Crippen molar-refractivity contribution in [1.82, 2.24) is 9.80 Å². The van der Waals surface area contributed by atoms with Gasteiger partial charge < -0.3 is 10.0 Å². The van der Waals surface area contributed by atoms with Gasteiger partial charge in [-0.3, -0.25) is 4.90 Å². The molecule has 14 heavy (non-hydrogen) atoms. The molecule has 1 saturated carbocycles. The summed E-state index contributed by atoms with van der Waals surface area (Å²) in [6.07, 6.45) is 5.39. The molecule has 0 bridgehead atoms. The second-order valence-corrected chi connectivity index (χ2v) is 4.50. The van der Waals surface area contributed by atoms with E-state index in [0.29, 0.717) is 6.61 Å². The van der Waals surface area contributed by atoms with Crippen molar-refractivity contribution in [2.45, 2.75) is 31.7 Å². The highest BCUT2D eigenvalue weighted by molar-refractivity contribution is 4.77. The first-order chi connectivity index (χ1) is 6.74. The second kappa shape index (κ2) is 6.38. The number of rotatable bonds is 6. The molecule has 3 nitrogen and oxygen atoms in total. The van der Waals surface area contributed by atoms with Gasteiger partial charge in [-0.2, -0.15) is 0 Å². The van der Waals surface area contributed by atoms with Gasteiger partial charge in [-0.25, -0.2) is 0 Å². The third-order valence-corrected chi connectivity index (χ3v) is 3.06. The molecule has 3 heteroatoms. The quantitative estimate of drug-likeness (QED) is 0.686. The van der Waals surface area contributed by atoms with E-state index in [9.17, 15) is 0 Å². The topological polar surface area (TPSA) is 26.7 Å². The van der Waals surface area contributed by atoms with Gasteiger partial charge in [0.1, 0.15) is 0 Å². The maximum atomic E-state index is 9.01. The molecular formula is C11H24N2O. The van der Waals surface area contributed by atoms with E-state index in [1.807, 2.05) is 0 Å². The van der Waals surface area contributed by atoms with Crippen molar-refractivity contribution in [3.05, 3.63) is 0 Å². The fourth-order valence-electron chi connectivity index (χ4n) is 2.20. The van der Waals surface area contributed by atoms with Gasteiger partial charge in [0.15, 0.2) is 0 Å². The zero-order valence-electron chi connectivity index (χ0n) is 9.58. The fourth-order valence-corrected chi connectivity index (χ4v) is 2.20. The van der Waals surface area contributed by atoms with Gasteiger partial charge in [0, 0.05) is 25.7 Å². The number of nitrogens with zero attached hydrogens (tertiary/aromatic N) is 2. The minimum atomic E-state index is 0.296. The summed E-state index contributed by atoms with van der Waals surface area (Å²) in [7, 11) is 4.21. The smallest absolute Gasteiger partial charge is 0.0558 e. The van der Waals surface area contributed by atoms with E-state index in [0.717, 1.165) is 25.7 Å². The first kappa shape index (κ1) is 12.0. The van der Waals surface area contributed by atoms with E-state index in [1.165, 1.54) is 25.7 Å².